The fraction of sp³-hybridized carbons (Fsp3) is 0.538. The van der Waals surface area contributed by atoms with Gasteiger partial charge in [0.2, 0.25) is 0 Å². The molecule has 2 rings (SSSR count). The molecule has 1 heterocycles. The quantitative estimate of drug-likeness (QED) is 0.409. The SMILES string of the molecule is [N-]=[N+]=NCC1OC(OCc2ccccc2)C(O)C(O)C1O. The van der Waals surface area contributed by atoms with E-state index in [1.54, 1.807) is 0 Å². The zero-order valence-corrected chi connectivity index (χ0v) is 11.2. The first-order valence-corrected chi connectivity index (χ1v) is 6.49. The van der Waals surface area contributed by atoms with Gasteiger partial charge in [0.25, 0.3) is 0 Å². The lowest BCUT2D eigenvalue weighted by molar-refractivity contribution is -0.297. The molecule has 0 amide bonds. The monoisotopic (exact) mass is 295 g/mol. The molecule has 0 aliphatic carbocycles. The molecule has 1 saturated heterocycles. The minimum absolute atomic E-state index is 0.160. The summed E-state index contributed by atoms with van der Waals surface area (Å²) >= 11 is 0. The summed E-state index contributed by atoms with van der Waals surface area (Å²) in [4.78, 5) is 2.58. The maximum atomic E-state index is 9.87. The molecule has 1 aliphatic rings. The molecule has 1 aromatic carbocycles. The van der Waals surface area contributed by atoms with Gasteiger partial charge in [0, 0.05) is 4.91 Å². The minimum Gasteiger partial charge on any atom is -0.388 e. The Morgan fingerprint density at radius 3 is 2.52 bits per heavy atom. The maximum Gasteiger partial charge on any atom is 0.186 e. The Hall–Kier alpha value is -1.67. The predicted molar refractivity (Wildman–Crippen MR) is 71.9 cm³/mol. The summed E-state index contributed by atoms with van der Waals surface area (Å²) in [6.07, 6.45) is -6.20. The lowest BCUT2D eigenvalue weighted by Crippen LogP contribution is -2.58. The maximum absolute atomic E-state index is 9.87. The molecule has 1 fully saturated rings. The fourth-order valence-corrected chi connectivity index (χ4v) is 2.07. The van der Waals surface area contributed by atoms with Gasteiger partial charge < -0.3 is 24.8 Å². The second-order valence-corrected chi connectivity index (χ2v) is 4.72. The van der Waals surface area contributed by atoms with Crippen LogP contribution in [-0.2, 0) is 16.1 Å². The molecule has 114 valence electrons. The van der Waals surface area contributed by atoms with Crippen molar-refractivity contribution in [1.29, 1.82) is 0 Å². The standard InChI is InChI=1S/C13H17N3O5/c14-16-15-6-9-10(17)11(18)12(19)13(21-9)20-7-8-4-2-1-3-5-8/h1-5,9-13,17-19H,6-7H2. The fourth-order valence-electron chi connectivity index (χ4n) is 2.07. The molecule has 21 heavy (non-hydrogen) atoms. The summed E-state index contributed by atoms with van der Waals surface area (Å²) in [5, 5.41) is 32.7. The summed E-state index contributed by atoms with van der Waals surface area (Å²) in [6.45, 7) is 0.0201. The van der Waals surface area contributed by atoms with Crippen LogP contribution in [0.4, 0.5) is 0 Å². The van der Waals surface area contributed by atoms with Crippen LogP contribution in [0.25, 0.3) is 10.4 Å². The minimum atomic E-state index is -1.43. The second kappa shape index (κ2) is 7.37. The Morgan fingerprint density at radius 1 is 1.14 bits per heavy atom. The molecule has 0 saturated carbocycles. The molecule has 0 radical (unpaired) electrons. The van der Waals surface area contributed by atoms with E-state index in [1.807, 2.05) is 30.3 Å². The molecule has 0 spiro atoms. The van der Waals surface area contributed by atoms with E-state index in [-0.39, 0.29) is 13.2 Å². The highest BCUT2D eigenvalue weighted by atomic mass is 16.7. The molecule has 5 unspecified atom stereocenters. The highest BCUT2D eigenvalue weighted by molar-refractivity contribution is 5.13. The molecule has 0 aromatic heterocycles. The van der Waals surface area contributed by atoms with Gasteiger partial charge in [-0.25, -0.2) is 0 Å². The number of rotatable bonds is 5. The van der Waals surface area contributed by atoms with Crippen molar-refractivity contribution in [2.45, 2.75) is 37.3 Å². The van der Waals surface area contributed by atoms with Crippen LogP contribution in [0.1, 0.15) is 5.56 Å². The Bertz CT molecular complexity index is 494. The Labute approximate surface area is 121 Å². The lowest BCUT2D eigenvalue weighted by atomic mass is 9.99. The summed E-state index contributed by atoms with van der Waals surface area (Å²) in [6, 6.07) is 9.25. The Balaban J connectivity index is 1.98. The van der Waals surface area contributed by atoms with Crippen LogP contribution in [0.15, 0.2) is 35.4 Å². The van der Waals surface area contributed by atoms with Crippen LogP contribution >= 0.6 is 0 Å². The smallest absolute Gasteiger partial charge is 0.186 e. The number of benzene rings is 1. The molecule has 1 aliphatic heterocycles. The van der Waals surface area contributed by atoms with Crippen molar-refractivity contribution in [3.63, 3.8) is 0 Å². The third-order valence-corrected chi connectivity index (χ3v) is 3.25. The van der Waals surface area contributed by atoms with E-state index in [9.17, 15) is 15.3 Å². The van der Waals surface area contributed by atoms with Gasteiger partial charge in [0.15, 0.2) is 6.29 Å². The Kier molecular flexibility index (Phi) is 5.51. The topological polar surface area (TPSA) is 128 Å². The molecule has 3 N–H and O–H groups in total. The average molecular weight is 295 g/mol. The van der Waals surface area contributed by atoms with E-state index in [2.05, 4.69) is 10.0 Å². The number of aliphatic hydroxyl groups is 3. The van der Waals surface area contributed by atoms with Gasteiger partial charge in [-0.3, -0.25) is 0 Å². The van der Waals surface area contributed by atoms with E-state index < -0.39 is 30.7 Å². The van der Waals surface area contributed by atoms with E-state index in [0.29, 0.717) is 0 Å². The number of hydrogen-bond donors (Lipinski definition) is 3. The van der Waals surface area contributed by atoms with Crippen molar-refractivity contribution in [2.24, 2.45) is 5.11 Å². The second-order valence-electron chi connectivity index (χ2n) is 4.72. The number of ether oxygens (including phenoxy) is 2. The van der Waals surface area contributed by atoms with Crippen molar-refractivity contribution >= 4 is 0 Å². The zero-order chi connectivity index (χ0) is 15.2. The van der Waals surface area contributed by atoms with Crippen LogP contribution in [0.5, 0.6) is 0 Å². The summed E-state index contributed by atoms with van der Waals surface area (Å²) in [7, 11) is 0. The molecular weight excluding hydrogens is 278 g/mol. The first kappa shape index (κ1) is 15.7. The van der Waals surface area contributed by atoms with Crippen LogP contribution in [0.2, 0.25) is 0 Å². The van der Waals surface area contributed by atoms with Crippen LogP contribution in [0.3, 0.4) is 0 Å². The first-order valence-electron chi connectivity index (χ1n) is 6.49. The first-order chi connectivity index (χ1) is 10.1. The highest BCUT2D eigenvalue weighted by Crippen LogP contribution is 2.23. The third-order valence-electron chi connectivity index (χ3n) is 3.25. The number of hydrogen-bond acceptors (Lipinski definition) is 6. The van der Waals surface area contributed by atoms with Gasteiger partial charge in [-0.1, -0.05) is 35.4 Å². The van der Waals surface area contributed by atoms with E-state index >= 15 is 0 Å². The van der Waals surface area contributed by atoms with Gasteiger partial charge in [-0.05, 0) is 11.1 Å². The van der Waals surface area contributed by atoms with Crippen LogP contribution in [0, 0.1) is 0 Å². The third kappa shape index (κ3) is 3.92. The van der Waals surface area contributed by atoms with Crippen LogP contribution < -0.4 is 0 Å². The van der Waals surface area contributed by atoms with Gasteiger partial charge in [-0.2, -0.15) is 0 Å². The average Bonchev–Trinajstić information content (AvgIpc) is 2.52. The van der Waals surface area contributed by atoms with Gasteiger partial charge in [-0.15, -0.1) is 0 Å². The summed E-state index contributed by atoms with van der Waals surface area (Å²) in [5.74, 6) is 0. The van der Waals surface area contributed by atoms with Gasteiger partial charge in [0.05, 0.1) is 19.3 Å². The van der Waals surface area contributed by atoms with Crippen LogP contribution in [-0.4, -0.2) is 52.6 Å². The largest absolute Gasteiger partial charge is 0.388 e. The molecule has 5 atom stereocenters. The normalized spacial score (nSPS) is 32.4. The molecule has 8 nitrogen and oxygen atoms in total. The van der Waals surface area contributed by atoms with Crippen molar-refractivity contribution in [1.82, 2.24) is 0 Å². The van der Waals surface area contributed by atoms with Gasteiger partial charge in [0.1, 0.15) is 18.3 Å². The number of azide groups is 1. The van der Waals surface area contributed by atoms with E-state index in [4.69, 9.17) is 15.0 Å². The lowest BCUT2D eigenvalue weighted by Gasteiger charge is -2.39. The van der Waals surface area contributed by atoms with Gasteiger partial charge >= 0.3 is 0 Å². The predicted octanol–water partition coefficient (Wildman–Crippen LogP) is 0.321. The number of aliphatic hydroxyl groups excluding tert-OH is 3. The molecular formula is C13H17N3O5. The number of nitrogens with zero attached hydrogens (tertiary/aromatic N) is 3. The molecule has 8 heteroatoms. The zero-order valence-electron chi connectivity index (χ0n) is 11.2. The van der Waals surface area contributed by atoms with E-state index in [1.165, 1.54) is 0 Å². The molecule has 0 bridgehead atoms. The summed E-state index contributed by atoms with van der Waals surface area (Å²) < 4.78 is 10.8. The van der Waals surface area contributed by atoms with E-state index in [0.717, 1.165) is 5.56 Å². The van der Waals surface area contributed by atoms with Crippen molar-refractivity contribution < 1.29 is 24.8 Å². The highest BCUT2D eigenvalue weighted by Gasteiger charge is 2.43. The van der Waals surface area contributed by atoms with Crippen molar-refractivity contribution in [3.8, 4) is 0 Å². The molecule has 1 aromatic rings. The summed E-state index contributed by atoms with van der Waals surface area (Å²) in [5.41, 5.74) is 9.17. The Morgan fingerprint density at radius 2 is 1.86 bits per heavy atom. The van der Waals surface area contributed by atoms with Crippen molar-refractivity contribution in [3.05, 3.63) is 46.3 Å². The van der Waals surface area contributed by atoms with Crippen molar-refractivity contribution in [2.75, 3.05) is 6.54 Å².